The van der Waals surface area contributed by atoms with Crippen LogP contribution in [0.5, 0.6) is 0 Å². The third-order valence-electron chi connectivity index (χ3n) is 5.74. The van der Waals surface area contributed by atoms with E-state index < -0.39 is 0 Å². The van der Waals surface area contributed by atoms with Gasteiger partial charge in [0.05, 0.1) is 35.0 Å². The van der Waals surface area contributed by atoms with E-state index >= 15 is 0 Å². The molecule has 172 valence electrons. The summed E-state index contributed by atoms with van der Waals surface area (Å²) in [5.74, 6) is 2.06. The van der Waals surface area contributed by atoms with Crippen LogP contribution in [0.2, 0.25) is 5.02 Å². The van der Waals surface area contributed by atoms with E-state index in [2.05, 4.69) is 39.3 Å². The molecule has 34 heavy (non-hydrogen) atoms. The highest BCUT2D eigenvalue weighted by Gasteiger charge is 2.18. The molecule has 1 aliphatic rings. The van der Waals surface area contributed by atoms with Crippen LogP contribution in [0.1, 0.15) is 18.2 Å². The number of benzene rings is 1. The van der Waals surface area contributed by atoms with Crippen LogP contribution in [0.4, 0.5) is 23.4 Å². The number of nitrogens with two attached hydrogens (primary N) is 1. The first-order chi connectivity index (χ1) is 16.6. The van der Waals surface area contributed by atoms with Crippen LogP contribution in [0, 0.1) is 11.3 Å². The standard InChI is InChI=1S/C24H23ClN8O/c1-2-17-10-16-14-28-21(11-19(16)33(17)23-15(13-26)4-3-5-18(23)25)30-22-12-20(27)29-24(31-22)32-6-8-34-9-7-32/h3-5,10-12,14H,2,6-9H2,1H3,(H3,27,28,29,30,31). The van der Waals surface area contributed by atoms with E-state index in [0.29, 0.717) is 66.0 Å². The maximum absolute atomic E-state index is 9.70. The highest BCUT2D eigenvalue weighted by atomic mass is 35.5. The number of nitrogens with zero attached hydrogens (tertiary/aromatic N) is 6. The van der Waals surface area contributed by atoms with E-state index in [-0.39, 0.29) is 0 Å². The molecule has 1 aliphatic heterocycles. The van der Waals surface area contributed by atoms with Gasteiger partial charge in [-0.15, -0.1) is 0 Å². The molecule has 1 saturated heterocycles. The average molecular weight is 475 g/mol. The summed E-state index contributed by atoms with van der Waals surface area (Å²) in [6, 6.07) is 13.3. The molecule has 0 aliphatic carbocycles. The van der Waals surface area contributed by atoms with E-state index in [0.717, 1.165) is 23.0 Å². The number of ether oxygens (including phenoxy) is 1. The normalized spacial score (nSPS) is 13.7. The van der Waals surface area contributed by atoms with Crippen molar-refractivity contribution in [2.75, 3.05) is 42.3 Å². The number of halogens is 1. The lowest BCUT2D eigenvalue weighted by atomic mass is 10.2. The molecule has 10 heteroatoms. The Kier molecular flexibility index (Phi) is 5.92. The first kappa shape index (κ1) is 21.9. The van der Waals surface area contributed by atoms with Gasteiger partial charge < -0.3 is 25.3 Å². The predicted molar refractivity (Wildman–Crippen MR) is 133 cm³/mol. The number of hydrogen-bond acceptors (Lipinski definition) is 8. The van der Waals surface area contributed by atoms with Gasteiger partial charge in [-0.3, -0.25) is 0 Å². The fraction of sp³-hybridized carbons (Fsp3) is 0.250. The molecule has 0 radical (unpaired) electrons. The number of para-hydroxylation sites is 1. The fourth-order valence-corrected chi connectivity index (χ4v) is 4.40. The van der Waals surface area contributed by atoms with Gasteiger partial charge in [-0.05, 0) is 24.6 Å². The van der Waals surface area contributed by atoms with Crippen LogP contribution in [-0.4, -0.2) is 45.8 Å². The van der Waals surface area contributed by atoms with E-state index in [4.69, 9.17) is 22.1 Å². The lowest BCUT2D eigenvalue weighted by Gasteiger charge is -2.27. The first-order valence-electron chi connectivity index (χ1n) is 11.0. The van der Waals surface area contributed by atoms with Crippen molar-refractivity contribution in [1.82, 2.24) is 19.5 Å². The molecule has 0 unspecified atom stereocenters. The number of nitrogens with one attached hydrogen (secondary N) is 1. The zero-order valence-electron chi connectivity index (χ0n) is 18.6. The molecule has 4 aromatic rings. The minimum atomic E-state index is 0.367. The molecule has 4 heterocycles. The van der Waals surface area contributed by atoms with Crippen molar-refractivity contribution in [3.05, 3.63) is 58.9 Å². The second-order valence-electron chi connectivity index (χ2n) is 7.90. The number of hydrogen-bond donors (Lipinski definition) is 2. The Morgan fingerprint density at radius 3 is 2.76 bits per heavy atom. The largest absolute Gasteiger partial charge is 0.383 e. The van der Waals surface area contributed by atoms with Crippen molar-refractivity contribution in [2.24, 2.45) is 0 Å². The van der Waals surface area contributed by atoms with Gasteiger partial charge >= 0.3 is 0 Å². The van der Waals surface area contributed by atoms with Gasteiger partial charge in [-0.2, -0.15) is 15.2 Å². The zero-order chi connectivity index (χ0) is 23.7. The molecular formula is C24H23ClN8O. The van der Waals surface area contributed by atoms with Crippen LogP contribution in [-0.2, 0) is 11.2 Å². The zero-order valence-corrected chi connectivity index (χ0v) is 19.4. The lowest BCUT2D eigenvalue weighted by molar-refractivity contribution is 0.122. The van der Waals surface area contributed by atoms with Crippen molar-refractivity contribution in [1.29, 1.82) is 5.26 Å². The summed E-state index contributed by atoms with van der Waals surface area (Å²) >= 11 is 6.56. The van der Waals surface area contributed by atoms with Gasteiger partial charge in [-0.25, -0.2) is 4.98 Å². The molecule has 0 amide bonds. The Balaban J connectivity index is 1.57. The van der Waals surface area contributed by atoms with Gasteiger partial charge in [0.25, 0.3) is 0 Å². The van der Waals surface area contributed by atoms with Crippen molar-refractivity contribution in [3.63, 3.8) is 0 Å². The number of rotatable bonds is 5. The fourth-order valence-electron chi connectivity index (χ4n) is 4.14. The van der Waals surface area contributed by atoms with E-state index in [1.54, 1.807) is 30.5 Å². The summed E-state index contributed by atoms with van der Waals surface area (Å²) in [5.41, 5.74) is 9.14. The number of pyridine rings is 1. The Labute approximate surface area is 201 Å². The highest BCUT2D eigenvalue weighted by Crippen LogP contribution is 2.32. The van der Waals surface area contributed by atoms with Crippen molar-refractivity contribution >= 4 is 45.9 Å². The highest BCUT2D eigenvalue weighted by molar-refractivity contribution is 6.32. The Hall–Kier alpha value is -3.87. The number of nitriles is 1. The summed E-state index contributed by atoms with van der Waals surface area (Å²) in [7, 11) is 0. The summed E-state index contributed by atoms with van der Waals surface area (Å²) in [6.45, 7) is 4.74. The second-order valence-corrected chi connectivity index (χ2v) is 8.31. The molecule has 1 aromatic carbocycles. The molecule has 3 N–H and O–H groups in total. The third-order valence-corrected chi connectivity index (χ3v) is 6.04. The van der Waals surface area contributed by atoms with Gasteiger partial charge in [-0.1, -0.05) is 24.6 Å². The van der Waals surface area contributed by atoms with E-state index in [9.17, 15) is 5.26 Å². The van der Waals surface area contributed by atoms with Gasteiger partial charge in [0.15, 0.2) is 0 Å². The SMILES string of the molecule is CCc1cc2cnc(Nc3cc(N)nc(N4CCOCC4)n3)cc2n1-c1c(Cl)cccc1C#N. The molecular weight excluding hydrogens is 452 g/mol. The number of morpholine rings is 1. The molecule has 0 bridgehead atoms. The monoisotopic (exact) mass is 474 g/mol. The van der Waals surface area contributed by atoms with Gasteiger partial charge in [0, 0.05) is 42.5 Å². The third kappa shape index (κ3) is 4.09. The molecule has 3 aromatic heterocycles. The number of nitrogen functional groups attached to an aromatic ring is 1. The quantitative estimate of drug-likeness (QED) is 0.444. The predicted octanol–water partition coefficient (Wildman–Crippen LogP) is 4.07. The second kappa shape index (κ2) is 9.17. The molecule has 0 atom stereocenters. The van der Waals surface area contributed by atoms with Crippen molar-refractivity contribution in [2.45, 2.75) is 13.3 Å². The number of anilines is 4. The minimum absolute atomic E-state index is 0.367. The van der Waals surface area contributed by atoms with Gasteiger partial charge in [0.1, 0.15) is 23.5 Å². The molecule has 1 fully saturated rings. The summed E-state index contributed by atoms with van der Waals surface area (Å²) in [4.78, 5) is 15.6. The van der Waals surface area contributed by atoms with E-state index in [1.165, 1.54) is 0 Å². The molecule has 5 rings (SSSR count). The van der Waals surface area contributed by atoms with Crippen LogP contribution in [0.15, 0.2) is 42.6 Å². The maximum atomic E-state index is 9.70. The smallest absolute Gasteiger partial charge is 0.229 e. The van der Waals surface area contributed by atoms with Crippen LogP contribution in [0.25, 0.3) is 16.6 Å². The van der Waals surface area contributed by atoms with Gasteiger partial charge in [0.2, 0.25) is 5.95 Å². The topological polar surface area (TPSA) is 118 Å². The van der Waals surface area contributed by atoms with E-state index in [1.807, 2.05) is 15.5 Å². The van der Waals surface area contributed by atoms with Crippen LogP contribution < -0.4 is 16.0 Å². The Morgan fingerprint density at radius 2 is 2.00 bits per heavy atom. The summed E-state index contributed by atoms with van der Waals surface area (Å²) < 4.78 is 7.44. The van der Waals surface area contributed by atoms with Crippen LogP contribution >= 0.6 is 11.6 Å². The maximum Gasteiger partial charge on any atom is 0.229 e. The minimum Gasteiger partial charge on any atom is -0.383 e. The van der Waals surface area contributed by atoms with Crippen molar-refractivity contribution < 1.29 is 4.74 Å². The molecule has 0 spiro atoms. The summed E-state index contributed by atoms with van der Waals surface area (Å²) in [5, 5.41) is 14.4. The first-order valence-corrected chi connectivity index (χ1v) is 11.4. The number of aromatic nitrogens is 4. The lowest BCUT2D eigenvalue weighted by Crippen LogP contribution is -2.37. The number of fused-ring (bicyclic) bond motifs is 1. The van der Waals surface area contributed by atoms with Crippen LogP contribution in [0.3, 0.4) is 0 Å². The Bertz CT molecular complexity index is 1400. The average Bonchev–Trinajstić information content (AvgIpc) is 3.21. The van der Waals surface area contributed by atoms with Crippen molar-refractivity contribution in [3.8, 4) is 11.8 Å². The number of aryl methyl sites for hydroxylation is 1. The molecule has 9 nitrogen and oxygen atoms in total. The Morgan fingerprint density at radius 1 is 1.18 bits per heavy atom. The molecule has 0 saturated carbocycles. The summed E-state index contributed by atoms with van der Waals surface area (Å²) in [6.07, 6.45) is 2.56.